The molecule has 0 fully saturated rings. The van der Waals surface area contributed by atoms with Crippen LogP contribution in [0.15, 0.2) is 34.2 Å². The molecule has 1 unspecified atom stereocenters. The molecule has 25 heavy (non-hydrogen) atoms. The summed E-state index contributed by atoms with van der Waals surface area (Å²) >= 11 is 0. The Bertz CT molecular complexity index is 849. The van der Waals surface area contributed by atoms with Gasteiger partial charge in [-0.25, -0.2) is 13.2 Å². The fourth-order valence-corrected chi connectivity index (χ4v) is 3.29. The lowest BCUT2D eigenvalue weighted by atomic mass is 10.2. The van der Waals surface area contributed by atoms with Gasteiger partial charge in [0, 0.05) is 5.56 Å². The van der Waals surface area contributed by atoms with Crippen LogP contribution in [0.25, 0.3) is 0 Å². The molecule has 1 aromatic rings. The molecule has 0 bridgehead atoms. The predicted molar refractivity (Wildman–Crippen MR) is 86.1 cm³/mol. The van der Waals surface area contributed by atoms with E-state index < -0.39 is 34.0 Å². The maximum Gasteiger partial charge on any atom is 0.318 e. The van der Waals surface area contributed by atoms with Crippen LogP contribution in [0.4, 0.5) is 4.79 Å². The third-order valence-electron chi connectivity index (χ3n) is 3.17. The highest BCUT2D eigenvalue weighted by Gasteiger charge is 2.30. The molecular formula is C14H16N4O6S. The van der Waals surface area contributed by atoms with Gasteiger partial charge in [0.1, 0.15) is 5.84 Å². The quantitative estimate of drug-likeness (QED) is 0.580. The van der Waals surface area contributed by atoms with Gasteiger partial charge >= 0.3 is 12.0 Å². The zero-order valence-corrected chi connectivity index (χ0v) is 14.0. The zero-order chi connectivity index (χ0) is 18.6. The van der Waals surface area contributed by atoms with Crippen molar-refractivity contribution >= 4 is 33.8 Å². The second kappa shape index (κ2) is 7.30. The fourth-order valence-electron chi connectivity index (χ4n) is 2.04. The van der Waals surface area contributed by atoms with Crippen LogP contribution in [0.1, 0.15) is 18.9 Å². The standard InChI is InChI=1S/C14H16N4O6S/c1-8(13(20)17-14(15)21)24-11(19)6-7-16-12-9-4-2-3-5-10(9)25(22,23)18-12/h2-5,8H,6-7H2,1H3,(H,16,18)(H3,15,17,20,21). The SMILES string of the molecule is CC(OC(=O)CCN=C1NS(=O)(=O)c2ccccc21)C(=O)NC(N)=O. The van der Waals surface area contributed by atoms with Crippen molar-refractivity contribution in [2.45, 2.75) is 24.3 Å². The number of aliphatic imine (C=N–C) groups is 1. The van der Waals surface area contributed by atoms with Gasteiger partial charge in [-0.1, -0.05) is 12.1 Å². The summed E-state index contributed by atoms with van der Waals surface area (Å²) in [6.07, 6.45) is -1.37. The highest BCUT2D eigenvalue weighted by atomic mass is 32.2. The topological polar surface area (TPSA) is 157 Å². The van der Waals surface area contributed by atoms with E-state index in [1.807, 2.05) is 0 Å². The van der Waals surface area contributed by atoms with E-state index in [1.54, 1.807) is 23.5 Å². The number of hydrogen-bond acceptors (Lipinski definition) is 7. The molecule has 0 saturated heterocycles. The molecule has 0 spiro atoms. The Morgan fingerprint density at radius 2 is 2.00 bits per heavy atom. The number of nitrogens with two attached hydrogens (primary N) is 1. The van der Waals surface area contributed by atoms with Gasteiger partial charge in [0.15, 0.2) is 6.10 Å². The number of ether oxygens (including phenoxy) is 1. The zero-order valence-electron chi connectivity index (χ0n) is 13.2. The highest BCUT2D eigenvalue weighted by molar-refractivity contribution is 7.90. The van der Waals surface area contributed by atoms with E-state index in [0.717, 1.165) is 0 Å². The molecule has 4 N–H and O–H groups in total. The van der Waals surface area contributed by atoms with Gasteiger partial charge in [0.25, 0.3) is 15.9 Å². The Labute approximate surface area is 143 Å². The second-order valence-electron chi connectivity index (χ2n) is 5.07. The first-order valence-electron chi connectivity index (χ1n) is 7.17. The van der Waals surface area contributed by atoms with E-state index in [1.165, 1.54) is 13.0 Å². The monoisotopic (exact) mass is 368 g/mol. The van der Waals surface area contributed by atoms with Crippen LogP contribution in [0, 0.1) is 0 Å². The Kier molecular flexibility index (Phi) is 5.37. The van der Waals surface area contributed by atoms with Gasteiger partial charge < -0.3 is 10.5 Å². The first-order valence-corrected chi connectivity index (χ1v) is 8.65. The van der Waals surface area contributed by atoms with Crippen LogP contribution in [0.5, 0.6) is 0 Å². The van der Waals surface area contributed by atoms with Crippen LogP contribution in [0.3, 0.4) is 0 Å². The van der Waals surface area contributed by atoms with Crippen molar-refractivity contribution in [1.82, 2.24) is 10.0 Å². The van der Waals surface area contributed by atoms with Crippen LogP contribution in [0.2, 0.25) is 0 Å². The summed E-state index contributed by atoms with van der Waals surface area (Å²) in [6.45, 7) is 1.23. The first kappa shape index (κ1) is 18.4. The molecule has 3 amide bonds. The maximum atomic E-state index is 11.9. The van der Waals surface area contributed by atoms with Crippen molar-refractivity contribution in [3.05, 3.63) is 29.8 Å². The molecule has 2 rings (SSSR count). The third kappa shape index (κ3) is 4.53. The lowest BCUT2D eigenvalue weighted by Crippen LogP contribution is -2.42. The molecule has 0 aliphatic carbocycles. The summed E-state index contributed by atoms with van der Waals surface area (Å²) in [5.74, 6) is -1.43. The lowest BCUT2D eigenvalue weighted by molar-refractivity contribution is -0.154. The molecule has 1 aromatic carbocycles. The summed E-state index contributed by atoms with van der Waals surface area (Å²) < 4.78 is 30.9. The summed E-state index contributed by atoms with van der Waals surface area (Å²) in [7, 11) is -3.64. The molecule has 11 heteroatoms. The summed E-state index contributed by atoms with van der Waals surface area (Å²) in [5.41, 5.74) is 5.21. The third-order valence-corrected chi connectivity index (χ3v) is 4.57. The number of esters is 1. The highest BCUT2D eigenvalue weighted by Crippen LogP contribution is 2.22. The number of hydrogen-bond donors (Lipinski definition) is 3. The molecule has 134 valence electrons. The first-order chi connectivity index (χ1) is 11.7. The minimum Gasteiger partial charge on any atom is -0.452 e. The van der Waals surface area contributed by atoms with E-state index >= 15 is 0 Å². The largest absolute Gasteiger partial charge is 0.452 e. The Morgan fingerprint density at radius 3 is 2.68 bits per heavy atom. The van der Waals surface area contributed by atoms with Gasteiger partial charge in [-0.3, -0.25) is 24.6 Å². The molecule has 1 aliphatic heterocycles. The number of amidine groups is 1. The van der Waals surface area contributed by atoms with E-state index in [4.69, 9.17) is 10.5 Å². The van der Waals surface area contributed by atoms with Crippen molar-refractivity contribution in [2.75, 3.05) is 6.54 Å². The van der Waals surface area contributed by atoms with Gasteiger partial charge in [-0.15, -0.1) is 0 Å². The summed E-state index contributed by atoms with van der Waals surface area (Å²) in [5, 5.41) is 1.79. The number of carbonyl (C=O) groups excluding carboxylic acids is 3. The number of rotatable bonds is 5. The van der Waals surface area contributed by atoms with Crippen molar-refractivity contribution in [3.8, 4) is 0 Å². The van der Waals surface area contributed by atoms with Gasteiger partial charge in [0.05, 0.1) is 17.9 Å². The minimum absolute atomic E-state index is 0.0464. The van der Waals surface area contributed by atoms with Crippen molar-refractivity contribution in [1.29, 1.82) is 0 Å². The van der Waals surface area contributed by atoms with Gasteiger partial charge in [0.2, 0.25) is 0 Å². The second-order valence-corrected chi connectivity index (χ2v) is 6.72. The van der Waals surface area contributed by atoms with E-state index in [0.29, 0.717) is 5.56 Å². The average molecular weight is 368 g/mol. The van der Waals surface area contributed by atoms with Crippen molar-refractivity contribution in [2.24, 2.45) is 10.7 Å². The average Bonchev–Trinajstić information content (AvgIpc) is 2.78. The normalized spacial score (nSPS) is 17.2. The molecule has 0 saturated carbocycles. The van der Waals surface area contributed by atoms with Gasteiger partial charge in [-0.05, 0) is 19.1 Å². The number of sulfonamides is 1. The van der Waals surface area contributed by atoms with E-state index in [-0.39, 0.29) is 23.7 Å². The molecule has 0 radical (unpaired) electrons. The molecular weight excluding hydrogens is 352 g/mol. The number of benzene rings is 1. The van der Waals surface area contributed by atoms with Crippen molar-refractivity contribution < 1.29 is 27.5 Å². The number of amides is 3. The maximum absolute atomic E-state index is 11.9. The van der Waals surface area contributed by atoms with Crippen LogP contribution >= 0.6 is 0 Å². The number of primary amides is 1. The number of fused-ring (bicyclic) bond motifs is 1. The summed E-state index contributed by atoms with van der Waals surface area (Å²) in [6, 6.07) is 5.26. The minimum atomic E-state index is -3.64. The number of imide groups is 1. The van der Waals surface area contributed by atoms with Crippen LogP contribution in [-0.4, -0.2) is 44.8 Å². The van der Waals surface area contributed by atoms with Crippen LogP contribution in [-0.2, 0) is 24.3 Å². The molecule has 1 aliphatic rings. The molecule has 10 nitrogen and oxygen atoms in total. The fraction of sp³-hybridized carbons (Fsp3) is 0.286. The van der Waals surface area contributed by atoms with E-state index in [9.17, 15) is 22.8 Å². The molecule has 0 aromatic heterocycles. The molecule has 1 atom stereocenters. The van der Waals surface area contributed by atoms with Crippen molar-refractivity contribution in [3.63, 3.8) is 0 Å². The Hall–Kier alpha value is -2.95. The summed E-state index contributed by atoms with van der Waals surface area (Å²) in [4.78, 5) is 37.8. The molecule has 1 heterocycles. The van der Waals surface area contributed by atoms with Crippen LogP contribution < -0.4 is 15.8 Å². The lowest BCUT2D eigenvalue weighted by Gasteiger charge is -2.11. The predicted octanol–water partition coefficient (Wildman–Crippen LogP) is -0.758. The Balaban J connectivity index is 1.93. The van der Waals surface area contributed by atoms with Gasteiger partial charge in [-0.2, -0.15) is 0 Å². The Morgan fingerprint density at radius 1 is 1.32 bits per heavy atom. The number of nitrogens with zero attached hydrogens (tertiary/aromatic N) is 1. The van der Waals surface area contributed by atoms with E-state index in [2.05, 4.69) is 9.71 Å². The number of urea groups is 1. The number of nitrogens with one attached hydrogen (secondary N) is 2. The number of carbonyl (C=O) groups is 3. The smallest absolute Gasteiger partial charge is 0.318 e.